The number of benzene rings is 2. The molecule has 3 atom stereocenters. The normalized spacial score (nSPS) is 14.8. The quantitative estimate of drug-likeness (QED) is 0.679. The van der Waals surface area contributed by atoms with Gasteiger partial charge in [-0.25, -0.2) is 4.98 Å². The van der Waals surface area contributed by atoms with Crippen LogP contribution in [0.5, 0.6) is 0 Å². The molecule has 136 valence electrons. The highest BCUT2D eigenvalue weighted by atomic mass is 35.5. The molecule has 1 heterocycles. The number of thiazole rings is 1. The first-order valence-electron chi connectivity index (χ1n) is 8.66. The second-order valence-electron chi connectivity index (χ2n) is 6.61. The third-order valence-corrected chi connectivity index (χ3v) is 6.08. The van der Waals surface area contributed by atoms with E-state index in [9.17, 15) is 4.79 Å². The van der Waals surface area contributed by atoms with E-state index < -0.39 is 0 Å². The first-order valence-corrected chi connectivity index (χ1v) is 9.86. The maximum atomic E-state index is 12.4. The highest BCUT2D eigenvalue weighted by Crippen LogP contribution is 2.24. The number of rotatable bonds is 6. The summed E-state index contributed by atoms with van der Waals surface area (Å²) in [6.45, 7) is 4.49. The van der Waals surface area contributed by atoms with Crippen molar-refractivity contribution in [2.24, 2.45) is 0 Å². The zero-order valence-electron chi connectivity index (χ0n) is 15.1. The largest absolute Gasteiger partial charge is 0.345 e. The lowest BCUT2D eigenvalue weighted by Crippen LogP contribution is -3.10. The van der Waals surface area contributed by atoms with Gasteiger partial charge in [-0.15, -0.1) is 11.3 Å². The lowest BCUT2D eigenvalue weighted by molar-refractivity contribution is -0.902. The third-order valence-electron chi connectivity index (χ3n) is 4.61. The van der Waals surface area contributed by atoms with Crippen LogP contribution in [0.1, 0.15) is 36.5 Å². The van der Waals surface area contributed by atoms with E-state index in [0.717, 1.165) is 21.0 Å². The molecule has 3 rings (SSSR count). The minimum Gasteiger partial charge on any atom is -0.345 e. The van der Waals surface area contributed by atoms with Gasteiger partial charge in [0.25, 0.3) is 5.91 Å². The summed E-state index contributed by atoms with van der Waals surface area (Å²) in [6.07, 6.45) is 0. The molecule has 2 aromatic carbocycles. The Hall–Kier alpha value is -1.95. The number of quaternary nitrogens is 1. The van der Waals surface area contributed by atoms with Gasteiger partial charge in [-0.05, 0) is 43.7 Å². The van der Waals surface area contributed by atoms with E-state index in [2.05, 4.69) is 18.3 Å². The fourth-order valence-corrected chi connectivity index (χ4v) is 4.06. The predicted molar refractivity (Wildman–Crippen MR) is 108 cm³/mol. The molecule has 0 aliphatic rings. The maximum absolute atomic E-state index is 12.4. The zero-order valence-corrected chi connectivity index (χ0v) is 16.7. The van der Waals surface area contributed by atoms with Crippen LogP contribution in [0.3, 0.4) is 0 Å². The highest BCUT2D eigenvalue weighted by molar-refractivity contribution is 7.18. The Balaban J connectivity index is 1.60. The molecular formula is C20H23ClN3OS+. The van der Waals surface area contributed by atoms with Gasteiger partial charge in [-0.3, -0.25) is 4.79 Å². The maximum Gasteiger partial charge on any atom is 0.275 e. The Morgan fingerprint density at radius 2 is 1.88 bits per heavy atom. The van der Waals surface area contributed by atoms with Crippen molar-refractivity contribution in [3.8, 4) is 0 Å². The number of likely N-dealkylation sites (N-methyl/N-ethyl adjacent to an activating group) is 1. The number of aromatic nitrogens is 1. The summed E-state index contributed by atoms with van der Waals surface area (Å²) >= 11 is 7.61. The number of carbonyl (C=O) groups is 1. The molecule has 6 heteroatoms. The topological polar surface area (TPSA) is 46.4 Å². The molecule has 1 aromatic heterocycles. The van der Waals surface area contributed by atoms with Gasteiger partial charge >= 0.3 is 0 Å². The van der Waals surface area contributed by atoms with E-state index in [-0.39, 0.29) is 18.0 Å². The summed E-state index contributed by atoms with van der Waals surface area (Å²) in [6, 6.07) is 15.8. The molecule has 1 unspecified atom stereocenters. The predicted octanol–water partition coefficient (Wildman–Crippen LogP) is 3.40. The number of hydrogen-bond acceptors (Lipinski definition) is 3. The summed E-state index contributed by atoms with van der Waals surface area (Å²) in [5, 5.41) is 4.81. The highest BCUT2D eigenvalue weighted by Gasteiger charge is 2.22. The molecule has 0 bridgehead atoms. The smallest absolute Gasteiger partial charge is 0.275 e. The van der Waals surface area contributed by atoms with Crippen LogP contribution in [0.15, 0.2) is 48.5 Å². The van der Waals surface area contributed by atoms with Gasteiger partial charge in [0, 0.05) is 5.02 Å². The molecule has 0 saturated heterocycles. The molecular weight excluding hydrogens is 366 g/mol. The van der Waals surface area contributed by atoms with Crippen molar-refractivity contribution in [1.82, 2.24) is 10.3 Å². The Morgan fingerprint density at radius 3 is 2.58 bits per heavy atom. The molecule has 0 aliphatic carbocycles. The van der Waals surface area contributed by atoms with E-state index in [0.29, 0.717) is 11.6 Å². The average molecular weight is 389 g/mol. The van der Waals surface area contributed by atoms with Crippen LogP contribution < -0.4 is 10.2 Å². The van der Waals surface area contributed by atoms with Crippen molar-refractivity contribution >= 4 is 39.1 Å². The molecule has 2 N–H and O–H groups in total. The Kier molecular flexibility index (Phi) is 5.91. The van der Waals surface area contributed by atoms with Gasteiger partial charge in [-0.2, -0.15) is 0 Å². The number of para-hydroxylation sites is 1. The van der Waals surface area contributed by atoms with Crippen LogP contribution in [-0.4, -0.2) is 24.5 Å². The van der Waals surface area contributed by atoms with Gasteiger partial charge in [0.1, 0.15) is 6.04 Å². The number of halogens is 1. The fraction of sp³-hybridized carbons (Fsp3) is 0.300. The first kappa shape index (κ1) is 18.8. The van der Waals surface area contributed by atoms with Gasteiger partial charge in [-0.1, -0.05) is 35.9 Å². The fourth-order valence-electron chi connectivity index (χ4n) is 2.82. The SMILES string of the molecule is C[C@@H](NC(=O)C[NH+](C)[C@@H](C)c1nc2ccccc2s1)c1ccc(Cl)cc1. The van der Waals surface area contributed by atoms with Crippen LogP contribution in [0.25, 0.3) is 10.2 Å². The van der Waals surface area contributed by atoms with Crippen molar-refractivity contribution in [3.05, 3.63) is 64.1 Å². The van der Waals surface area contributed by atoms with Crippen LogP contribution in [0.4, 0.5) is 0 Å². The molecule has 0 aliphatic heterocycles. The minimum absolute atomic E-state index is 0.0258. The number of fused-ring (bicyclic) bond motifs is 1. The standard InChI is InChI=1S/C20H22ClN3OS/c1-13(15-8-10-16(21)11-9-15)22-19(25)12-24(3)14(2)20-23-17-6-4-5-7-18(17)26-20/h4-11,13-14H,12H2,1-3H3,(H,22,25)/p+1/t13-,14+/m1/s1. The monoisotopic (exact) mass is 388 g/mol. The van der Waals surface area contributed by atoms with Crippen molar-refractivity contribution in [1.29, 1.82) is 0 Å². The summed E-state index contributed by atoms with van der Waals surface area (Å²) in [4.78, 5) is 18.3. The third kappa shape index (κ3) is 4.41. The average Bonchev–Trinajstić information content (AvgIpc) is 3.05. The summed E-state index contributed by atoms with van der Waals surface area (Å²) in [5.74, 6) is 0.0258. The van der Waals surface area contributed by atoms with Crippen molar-refractivity contribution < 1.29 is 9.69 Å². The van der Waals surface area contributed by atoms with Crippen LogP contribution >= 0.6 is 22.9 Å². The molecule has 3 aromatic rings. The minimum atomic E-state index is -0.0506. The second kappa shape index (κ2) is 8.16. The lowest BCUT2D eigenvalue weighted by Gasteiger charge is -2.21. The van der Waals surface area contributed by atoms with Crippen LogP contribution in [0, 0.1) is 0 Å². The van der Waals surface area contributed by atoms with E-state index in [4.69, 9.17) is 16.6 Å². The second-order valence-corrected chi connectivity index (χ2v) is 8.10. The van der Waals surface area contributed by atoms with Crippen LogP contribution in [0.2, 0.25) is 5.02 Å². The Morgan fingerprint density at radius 1 is 1.19 bits per heavy atom. The Bertz CT molecular complexity index is 860. The summed E-state index contributed by atoms with van der Waals surface area (Å²) in [7, 11) is 2.03. The molecule has 26 heavy (non-hydrogen) atoms. The number of amides is 1. The summed E-state index contributed by atoms with van der Waals surface area (Å²) in [5.41, 5.74) is 2.06. The van der Waals surface area contributed by atoms with Gasteiger partial charge < -0.3 is 10.2 Å². The van der Waals surface area contributed by atoms with E-state index >= 15 is 0 Å². The summed E-state index contributed by atoms with van der Waals surface area (Å²) < 4.78 is 1.18. The van der Waals surface area contributed by atoms with Crippen molar-refractivity contribution in [2.75, 3.05) is 13.6 Å². The molecule has 0 radical (unpaired) electrons. The van der Waals surface area contributed by atoms with E-state index in [1.165, 1.54) is 4.70 Å². The number of hydrogen-bond donors (Lipinski definition) is 2. The van der Waals surface area contributed by atoms with Gasteiger partial charge in [0.15, 0.2) is 11.6 Å². The van der Waals surface area contributed by atoms with E-state index in [1.54, 1.807) is 11.3 Å². The van der Waals surface area contributed by atoms with Gasteiger partial charge in [0.2, 0.25) is 0 Å². The number of nitrogens with zero attached hydrogens (tertiary/aromatic N) is 1. The van der Waals surface area contributed by atoms with Crippen LogP contribution in [-0.2, 0) is 4.79 Å². The zero-order chi connectivity index (χ0) is 18.7. The number of nitrogens with one attached hydrogen (secondary N) is 2. The lowest BCUT2D eigenvalue weighted by atomic mass is 10.1. The Labute approximate surface area is 162 Å². The van der Waals surface area contributed by atoms with Crippen molar-refractivity contribution in [3.63, 3.8) is 0 Å². The molecule has 0 saturated carbocycles. The van der Waals surface area contributed by atoms with Crippen molar-refractivity contribution in [2.45, 2.75) is 25.9 Å². The molecule has 4 nitrogen and oxygen atoms in total. The number of carbonyl (C=O) groups excluding carboxylic acids is 1. The van der Waals surface area contributed by atoms with E-state index in [1.807, 2.05) is 56.4 Å². The molecule has 1 amide bonds. The molecule has 0 fully saturated rings. The first-order chi connectivity index (χ1) is 12.4. The molecule has 0 spiro atoms. The van der Waals surface area contributed by atoms with Gasteiger partial charge in [0.05, 0.1) is 23.3 Å².